The van der Waals surface area contributed by atoms with Crippen molar-refractivity contribution in [2.45, 2.75) is 76.9 Å². The predicted octanol–water partition coefficient (Wildman–Crippen LogP) is 4.82. The van der Waals surface area contributed by atoms with E-state index in [0.717, 1.165) is 31.6 Å². The lowest BCUT2D eigenvalue weighted by atomic mass is 9.98. The number of benzene rings is 1. The van der Waals surface area contributed by atoms with Gasteiger partial charge in [-0.05, 0) is 82.7 Å². The van der Waals surface area contributed by atoms with Crippen molar-refractivity contribution >= 4 is 5.97 Å². The van der Waals surface area contributed by atoms with Crippen molar-refractivity contribution in [2.75, 3.05) is 19.7 Å². The summed E-state index contributed by atoms with van der Waals surface area (Å²) in [7, 11) is 0. The number of hydrogen-bond donors (Lipinski definition) is 0. The molecule has 3 rings (SSSR count). The number of likely N-dealkylation sites (tertiary alicyclic amines) is 1. The van der Waals surface area contributed by atoms with Gasteiger partial charge in [0.1, 0.15) is 5.75 Å². The lowest BCUT2D eigenvalue weighted by Crippen LogP contribution is -2.38. The normalized spacial score (nSPS) is 22.1. The number of nitrogens with zero attached hydrogens (tertiary/aromatic N) is 1. The number of rotatable bonds is 7. The second-order valence-corrected chi connectivity index (χ2v) is 7.77. The lowest BCUT2D eigenvalue weighted by Gasteiger charge is -2.33. The van der Waals surface area contributed by atoms with Gasteiger partial charge in [-0.1, -0.05) is 12.8 Å². The summed E-state index contributed by atoms with van der Waals surface area (Å²) in [6.07, 6.45) is 11.3. The van der Waals surface area contributed by atoms with E-state index in [1.807, 2.05) is 24.3 Å². The molecule has 4 heteroatoms. The summed E-state index contributed by atoms with van der Waals surface area (Å²) >= 11 is 0. The zero-order chi connectivity index (χ0) is 18.2. The molecule has 1 saturated heterocycles. The first kappa shape index (κ1) is 19.2. The molecule has 2 fully saturated rings. The molecule has 1 aromatic carbocycles. The van der Waals surface area contributed by atoms with E-state index in [-0.39, 0.29) is 5.97 Å². The van der Waals surface area contributed by atoms with Crippen molar-refractivity contribution in [1.29, 1.82) is 0 Å². The minimum atomic E-state index is -0.235. The molecule has 1 saturated carbocycles. The number of hydrogen-bond acceptors (Lipinski definition) is 4. The van der Waals surface area contributed by atoms with E-state index < -0.39 is 0 Å². The Kier molecular flexibility index (Phi) is 7.36. The van der Waals surface area contributed by atoms with Crippen LogP contribution in [0.1, 0.15) is 75.1 Å². The number of piperidine rings is 1. The molecule has 0 radical (unpaired) electrons. The Morgan fingerprint density at radius 3 is 2.50 bits per heavy atom. The van der Waals surface area contributed by atoms with Crippen molar-refractivity contribution in [1.82, 2.24) is 4.90 Å². The Labute approximate surface area is 157 Å². The zero-order valence-corrected chi connectivity index (χ0v) is 16.1. The van der Waals surface area contributed by atoms with Gasteiger partial charge in [-0.15, -0.1) is 0 Å². The summed E-state index contributed by atoms with van der Waals surface area (Å²) < 4.78 is 11.4. The third-order valence-electron chi connectivity index (χ3n) is 5.71. The summed E-state index contributed by atoms with van der Waals surface area (Å²) in [6, 6.07) is 8.07. The number of ether oxygens (including phenoxy) is 2. The van der Waals surface area contributed by atoms with Crippen molar-refractivity contribution in [3.05, 3.63) is 29.8 Å². The van der Waals surface area contributed by atoms with Gasteiger partial charge in [-0.25, -0.2) is 4.79 Å². The highest BCUT2D eigenvalue weighted by molar-refractivity contribution is 5.89. The van der Waals surface area contributed by atoms with Gasteiger partial charge in [0.05, 0.1) is 18.3 Å². The summed E-state index contributed by atoms with van der Waals surface area (Å²) in [5.41, 5.74) is 0.604. The molecule has 26 heavy (non-hydrogen) atoms. The fraction of sp³-hybridized carbons (Fsp3) is 0.682. The molecule has 144 valence electrons. The molecule has 1 atom stereocenters. The molecule has 1 heterocycles. The molecule has 0 aromatic heterocycles. The SMILES string of the molecule is CC1CCCCN1CCCOC(=O)c1ccc(OC2CCCCC2)cc1. The van der Waals surface area contributed by atoms with Crippen LogP contribution in [-0.2, 0) is 4.74 Å². The summed E-state index contributed by atoms with van der Waals surface area (Å²) in [6.45, 7) is 4.98. The van der Waals surface area contributed by atoms with Gasteiger partial charge in [0.2, 0.25) is 0 Å². The molecule has 0 spiro atoms. The number of carbonyl (C=O) groups excluding carboxylic acids is 1. The molecule has 1 unspecified atom stereocenters. The van der Waals surface area contributed by atoms with Crippen LogP contribution in [0.2, 0.25) is 0 Å². The monoisotopic (exact) mass is 359 g/mol. The van der Waals surface area contributed by atoms with E-state index in [9.17, 15) is 4.79 Å². The van der Waals surface area contributed by atoms with Crippen LogP contribution in [0, 0.1) is 0 Å². The van der Waals surface area contributed by atoms with Crippen LogP contribution in [0.4, 0.5) is 0 Å². The molecule has 0 amide bonds. The van der Waals surface area contributed by atoms with Crippen molar-refractivity contribution in [2.24, 2.45) is 0 Å². The van der Waals surface area contributed by atoms with Crippen LogP contribution >= 0.6 is 0 Å². The highest BCUT2D eigenvalue weighted by atomic mass is 16.5. The van der Waals surface area contributed by atoms with E-state index in [1.165, 1.54) is 45.1 Å². The van der Waals surface area contributed by atoms with Crippen LogP contribution in [-0.4, -0.2) is 42.7 Å². The van der Waals surface area contributed by atoms with Crippen LogP contribution in [0.3, 0.4) is 0 Å². The van der Waals surface area contributed by atoms with E-state index in [1.54, 1.807) is 0 Å². The Bertz CT molecular complexity index is 551. The van der Waals surface area contributed by atoms with Crippen molar-refractivity contribution < 1.29 is 14.3 Å². The number of esters is 1. The van der Waals surface area contributed by atoms with E-state index in [2.05, 4.69) is 11.8 Å². The first-order valence-electron chi connectivity index (χ1n) is 10.4. The van der Waals surface area contributed by atoms with Crippen LogP contribution in [0.15, 0.2) is 24.3 Å². The average molecular weight is 360 g/mol. The van der Waals surface area contributed by atoms with E-state index in [0.29, 0.717) is 24.3 Å². The maximum absolute atomic E-state index is 12.2. The maximum Gasteiger partial charge on any atom is 0.338 e. The van der Waals surface area contributed by atoms with Crippen LogP contribution in [0.5, 0.6) is 5.75 Å². The Morgan fingerprint density at radius 1 is 1.04 bits per heavy atom. The van der Waals surface area contributed by atoms with Gasteiger partial charge < -0.3 is 14.4 Å². The van der Waals surface area contributed by atoms with Gasteiger partial charge in [-0.3, -0.25) is 0 Å². The Balaban J connectivity index is 1.37. The quantitative estimate of drug-likeness (QED) is 0.517. The largest absolute Gasteiger partial charge is 0.490 e. The van der Waals surface area contributed by atoms with Gasteiger partial charge in [-0.2, -0.15) is 0 Å². The summed E-state index contributed by atoms with van der Waals surface area (Å²) in [5.74, 6) is 0.619. The molecule has 4 nitrogen and oxygen atoms in total. The highest BCUT2D eigenvalue weighted by Crippen LogP contribution is 2.23. The van der Waals surface area contributed by atoms with Gasteiger partial charge >= 0.3 is 5.97 Å². The second-order valence-electron chi connectivity index (χ2n) is 7.77. The van der Waals surface area contributed by atoms with Crippen LogP contribution < -0.4 is 4.74 Å². The average Bonchev–Trinajstić information content (AvgIpc) is 2.68. The smallest absolute Gasteiger partial charge is 0.338 e. The van der Waals surface area contributed by atoms with Crippen molar-refractivity contribution in [3.63, 3.8) is 0 Å². The Morgan fingerprint density at radius 2 is 1.77 bits per heavy atom. The number of carbonyl (C=O) groups is 1. The maximum atomic E-state index is 12.2. The third kappa shape index (κ3) is 5.73. The molecular formula is C22H33NO3. The fourth-order valence-corrected chi connectivity index (χ4v) is 4.05. The minimum absolute atomic E-state index is 0.235. The van der Waals surface area contributed by atoms with E-state index >= 15 is 0 Å². The molecule has 0 N–H and O–H groups in total. The zero-order valence-electron chi connectivity index (χ0n) is 16.1. The standard InChI is InChI=1S/C22H33NO3/c1-18-8-5-6-15-23(18)16-7-17-25-22(24)19-11-13-21(14-12-19)26-20-9-3-2-4-10-20/h11-14,18,20H,2-10,15-17H2,1H3. The van der Waals surface area contributed by atoms with Gasteiger partial charge in [0, 0.05) is 12.6 Å². The molecule has 1 aromatic rings. The van der Waals surface area contributed by atoms with Gasteiger partial charge in [0.25, 0.3) is 0 Å². The summed E-state index contributed by atoms with van der Waals surface area (Å²) in [4.78, 5) is 14.7. The van der Waals surface area contributed by atoms with Crippen LogP contribution in [0.25, 0.3) is 0 Å². The molecular weight excluding hydrogens is 326 g/mol. The summed E-state index contributed by atoms with van der Waals surface area (Å²) in [5, 5.41) is 0. The third-order valence-corrected chi connectivity index (χ3v) is 5.71. The molecule has 2 aliphatic rings. The second kappa shape index (κ2) is 9.96. The lowest BCUT2D eigenvalue weighted by molar-refractivity contribution is 0.0475. The minimum Gasteiger partial charge on any atom is -0.490 e. The first-order chi connectivity index (χ1) is 12.7. The predicted molar refractivity (Wildman–Crippen MR) is 104 cm³/mol. The van der Waals surface area contributed by atoms with E-state index in [4.69, 9.17) is 9.47 Å². The molecule has 1 aliphatic heterocycles. The van der Waals surface area contributed by atoms with Crippen molar-refractivity contribution in [3.8, 4) is 5.75 Å². The topological polar surface area (TPSA) is 38.8 Å². The van der Waals surface area contributed by atoms with Gasteiger partial charge in [0.15, 0.2) is 0 Å². The molecule has 0 bridgehead atoms. The first-order valence-corrected chi connectivity index (χ1v) is 10.4. The fourth-order valence-electron chi connectivity index (χ4n) is 4.05. The highest BCUT2D eigenvalue weighted by Gasteiger charge is 2.18. The molecule has 1 aliphatic carbocycles. The Hall–Kier alpha value is -1.55.